The van der Waals surface area contributed by atoms with Crippen molar-refractivity contribution in [1.29, 1.82) is 0 Å². The number of benzene rings is 1. The van der Waals surface area contributed by atoms with Gasteiger partial charge in [-0.3, -0.25) is 0 Å². The van der Waals surface area contributed by atoms with E-state index in [2.05, 4.69) is 20.6 Å². The maximum atomic E-state index is 4.14. The van der Waals surface area contributed by atoms with Crippen LogP contribution in [0.15, 0.2) is 48.8 Å². The van der Waals surface area contributed by atoms with Crippen LogP contribution >= 0.6 is 0 Å². The number of rotatable bonds is 1. The predicted molar refractivity (Wildman–Crippen MR) is 73.2 cm³/mol. The minimum Gasteiger partial charge on any atom is -0.314 e. The lowest BCUT2D eigenvalue weighted by atomic mass is 10.2. The molecule has 0 aliphatic carbocycles. The van der Waals surface area contributed by atoms with Crippen molar-refractivity contribution < 1.29 is 0 Å². The highest BCUT2D eigenvalue weighted by Gasteiger charge is 1.95. The molecule has 2 heterocycles. The monoisotopic (exact) mass is 242 g/mol. The molecule has 94 valence electrons. The second-order valence-electron chi connectivity index (χ2n) is 3.94. The molecule has 0 atom stereocenters. The molecular formula is C14H18N4. The Hall–Kier alpha value is -1.78. The fraction of sp³-hybridized carbons (Fsp3) is 0.286. The van der Waals surface area contributed by atoms with Gasteiger partial charge in [0.2, 0.25) is 0 Å². The van der Waals surface area contributed by atoms with Gasteiger partial charge in [0, 0.05) is 44.1 Å². The molecule has 0 radical (unpaired) electrons. The van der Waals surface area contributed by atoms with Gasteiger partial charge in [0.25, 0.3) is 0 Å². The molecule has 1 aromatic heterocycles. The maximum absolute atomic E-state index is 4.14. The highest BCUT2D eigenvalue weighted by atomic mass is 15.0. The third kappa shape index (κ3) is 4.24. The van der Waals surface area contributed by atoms with Crippen molar-refractivity contribution in [3.63, 3.8) is 0 Å². The number of aromatic nitrogens is 2. The number of piperazine rings is 1. The van der Waals surface area contributed by atoms with Crippen LogP contribution in [0.2, 0.25) is 0 Å². The van der Waals surface area contributed by atoms with Crippen molar-refractivity contribution in [3.8, 4) is 11.4 Å². The number of nitrogens with zero attached hydrogens (tertiary/aromatic N) is 2. The summed E-state index contributed by atoms with van der Waals surface area (Å²) in [6.07, 6.45) is 3.49. The van der Waals surface area contributed by atoms with Gasteiger partial charge >= 0.3 is 0 Å². The van der Waals surface area contributed by atoms with Gasteiger partial charge in [0.05, 0.1) is 0 Å². The van der Waals surface area contributed by atoms with Crippen LogP contribution in [0.4, 0.5) is 0 Å². The van der Waals surface area contributed by atoms with Crippen LogP contribution < -0.4 is 10.6 Å². The Morgan fingerprint density at radius 2 is 1.28 bits per heavy atom. The summed E-state index contributed by atoms with van der Waals surface area (Å²) < 4.78 is 0. The highest BCUT2D eigenvalue weighted by molar-refractivity contribution is 5.53. The van der Waals surface area contributed by atoms with Crippen molar-refractivity contribution in [2.45, 2.75) is 0 Å². The molecule has 0 bridgehead atoms. The maximum Gasteiger partial charge on any atom is 0.159 e. The zero-order valence-corrected chi connectivity index (χ0v) is 10.3. The quantitative estimate of drug-likeness (QED) is 0.792. The summed E-state index contributed by atoms with van der Waals surface area (Å²) in [7, 11) is 0. The van der Waals surface area contributed by atoms with Crippen molar-refractivity contribution in [3.05, 3.63) is 48.8 Å². The molecule has 2 N–H and O–H groups in total. The minimum absolute atomic E-state index is 0.776. The van der Waals surface area contributed by atoms with Crippen LogP contribution in [-0.4, -0.2) is 36.1 Å². The molecule has 0 unspecified atom stereocenters. The van der Waals surface area contributed by atoms with Crippen LogP contribution in [0.3, 0.4) is 0 Å². The molecule has 3 rings (SSSR count). The van der Waals surface area contributed by atoms with Gasteiger partial charge in [0.1, 0.15) is 0 Å². The first-order valence-corrected chi connectivity index (χ1v) is 6.21. The van der Waals surface area contributed by atoms with E-state index < -0.39 is 0 Å². The number of hydrogen-bond donors (Lipinski definition) is 2. The number of nitrogens with one attached hydrogen (secondary N) is 2. The average Bonchev–Trinajstić information content (AvgIpc) is 2.51. The van der Waals surface area contributed by atoms with Gasteiger partial charge in [-0.15, -0.1) is 0 Å². The standard InChI is InChI=1S/C10H8N2.C4H10N2/c1-2-5-9(6-3-1)10-11-7-4-8-12-10;1-2-6-4-3-5-1/h1-8H;5-6H,1-4H2. The van der Waals surface area contributed by atoms with E-state index in [1.165, 1.54) is 0 Å². The van der Waals surface area contributed by atoms with Gasteiger partial charge in [-0.1, -0.05) is 30.3 Å². The summed E-state index contributed by atoms with van der Waals surface area (Å²) in [6, 6.07) is 11.7. The molecule has 1 aliphatic rings. The van der Waals surface area contributed by atoms with Gasteiger partial charge in [-0.2, -0.15) is 0 Å². The van der Waals surface area contributed by atoms with Crippen LogP contribution in [0.25, 0.3) is 11.4 Å². The molecule has 18 heavy (non-hydrogen) atoms. The van der Waals surface area contributed by atoms with E-state index in [0.29, 0.717) is 0 Å². The molecule has 4 nitrogen and oxygen atoms in total. The first-order chi connectivity index (χ1) is 8.97. The van der Waals surface area contributed by atoms with E-state index in [0.717, 1.165) is 37.6 Å². The summed E-state index contributed by atoms with van der Waals surface area (Å²) in [5.41, 5.74) is 1.05. The molecule has 0 spiro atoms. The van der Waals surface area contributed by atoms with Crippen LogP contribution in [0.5, 0.6) is 0 Å². The first kappa shape index (κ1) is 12.7. The summed E-state index contributed by atoms with van der Waals surface area (Å²) in [4.78, 5) is 8.28. The fourth-order valence-corrected chi connectivity index (χ4v) is 1.64. The van der Waals surface area contributed by atoms with E-state index in [9.17, 15) is 0 Å². The third-order valence-electron chi connectivity index (χ3n) is 2.55. The fourth-order valence-electron chi connectivity index (χ4n) is 1.64. The zero-order chi connectivity index (χ0) is 12.5. The van der Waals surface area contributed by atoms with E-state index in [1.54, 1.807) is 12.4 Å². The normalized spacial score (nSPS) is 14.4. The SMILES string of the molecule is C1CNCCN1.c1ccc(-c2ncccn2)cc1. The molecule has 0 saturated carbocycles. The molecule has 0 amide bonds. The van der Waals surface area contributed by atoms with Crippen LogP contribution in [0.1, 0.15) is 0 Å². The molecule has 1 saturated heterocycles. The molecule has 1 aromatic carbocycles. The lowest BCUT2D eigenvalue weighted by Crippen LogP contribution is -2.39. The predicted octanol–water partition coefficient (Wildman–Crippen LogP) is 1.32. The Morgan fingerprint density at radius 3 is 1.78 bits per heavy atom. The minimum atomic E-state index is 0.776. The lowest BCUT2D eigenvalue weighted by molar-refractivity contribution is 0.534. The van der Waals surface area contributed by atoms with Crippen molar-refractivity contribution in [1.82, 2.24) is 20.6 Å². The van der Waals surface area contributed by atoms with Gasteiger partial charge in [-0.25, -0.2) is 9.97 Å². The zero-order valence-electron chi connectivity index (χ0n) is 10.3. The smallest absolute Gasteiger partial charge is 0.159 e. The number of hydrogen-bond acceptors (Lipinski definition) is 4. The lowest BCUT2D eigenvalue weighted by Gasteiger charge is -2.11. The first-order valence-electron chi connectivity index (χ1n) is 6.21. The van der Waals surface area contributed by atoms with Gasteiger partial charge in [-0.05, 0) is 6.07 Å². The molecular weight excluding hydrogens is 224 g/mol. The van der Waals surface area contributed by atoms with E-state index in [-0.39, 0.29) is 0 Å². The largest absolute Gasteiger partial charge is 0.314 e. The molecule has 1 fully saturated rings. The summed E-state index contributed by atoms with van der Waals surface area (Å²) in [5, 5.41) is 6.44. The molecule has 4 heteroatoms. The van der Waals surface area contributed by atoms with E-state index >= 15 is 0 Å². The van der Waals surface area contributed by atoms with Crippen molar-refractivity contribution in [2.75, 3.05) is 26.2 Å². The molecule has 2 aromatic rings. The topological polar surface area (TPSA) is 49.8 Å². The Labute approximate surface area is 107 Å². The van der Waals surface area contributed by atoms with Gasteiger partial charge < -0.3 is 10.6 Å². The van der Waals surface area contributed by atoms with Crippen molar-refractivity contribution >= 4 is 0 Å². The Bertz CT molecular complexity index is 377. The van der Waals surface area contributed by atoms with Gasteiger partial charge in [0.15, 0.2) is 5.82 Å². The Morgan fingerprint density at radius 1 is 0.722 bits per heavy atom. The summed E-state index contributed by atoms with van der Waals surface area (Å²) in [6.45, 7) is 4.56. The second-order valence-corrected chi connectivity index (χ2v) is 3.94. The van der Waals surface area contributed by atoms with Crippen LogP contribution in [0, 0.1) is 0 Å². The Balaban J connectivity index is 0.000000169. The average molecular weight is 242 g/mol. The van der Waals surface area contributed by atoms with E-state index in [4.69, 9.17) is 0 Å². The van der Waals surface area contributed by atoms with Crippen molar-refractivity contribution in [2.24, 2.45) is 0 Å². The summed E-state index contributed by atoms with van der Waals surface area (Å²) in [5.74, 6) is 0.776. The Kier molecular flexibility index (Phi) is 5.30. The third-order valence-corrected chi connectivity index (χ3v) is 2.55. The molecule has 1 aliphatic heterocycles. The summed E-state index contributed by atoms with van der Waals surface area (Å²) >= 11 is 0. The van der Waals surface area contributed by atoms with Crippen LogP contribution in [-0.2, 0) is 0 Å². The highest BCUT2D eigenvalue weighted by Crippen LogP contribution is 2.11. The second kappa shape index (κ2) is 7.53. The van der Waals surface area contributed by atoms with E-state index in [1.807, 2.05) is 36.4 Å².